The van der Waals surface area contributed by atoms with Crippen LogP contribution in [0.5, 0.6) is 5.75 Å². The molecule has 1 N–H and O–H groups in total. The number of alkyl carbamates (subject to hydrolysis) is 1. The van der Waals surface area contributed by atoms with Gasteiger partial charge in [0.25, 0.3) is 0 Å². The molecule has 1 aromatic carbocycles. The molecule has 140 valence electrons. The average molecular weight is 360 g/mol. The number of anilines is 1. The third kappa shape index (κ3) is 6.72. The highest BCUT2D eigenvalue weighted by Gasteiger charge is 2.31. The number of rotatable bonds is 3. The predicted molar refractivity (Wildman–Crippen MR) is 87.7 cm³/mol. The molecule has 1 heterocycles. The third-order valence-electron chi connectivity index (χ3n) is 3.65. The van der Waals surface area contributed by atoms with Gasteiger partial charge in [-0.1, -0.05) is 0 Å². The lowest BCUT2D eigenvalue weighted by atomic mass is 10.0. The Morgan fingerprint density at radius 3 is 2.16 bits per heavy atom. The second-order valence-corrected chi connectivity index (χ2v) is 6.95. The number of carbonyl (C=O) groups excluding carboxylic acids is 1. The van der Waals surface area contributed by atoms with Crippen LogP contribution in [0.4, 0.5) is 23.7 Å². The van der Waals surface area contributed by atoms with Crippen LogP contribution in [-0.2, 0) is 4.74 Å². The van der Waals surface area contributed by atoms with Crippen LogP contribution in [-0.4, -0.2) is 37.2 Å². The smallest absolute Gasteiger partial charge is 0.444 e. The molecular weight excluding hydrogens is 337 g/mol. The fourth-order valence-corrected chi connectivity index (χ4v) is 2.61. The van der Waals surface area contributed by atoms with Gasteiger partial charge in [0, 0.05) is 24.8 Å². The maximum Gasteiger partial charge on any atom is 0.573 e. The Labute approximate surface area is 145 Å². The Bertz CT molecular complexity index is 574. The lowest BCUT2D eigenvalue weighted by Gasteiger charge is -2.34. The van der Waals surface area contributed by atoms with Crippen LogP contribution >= 0.6 is 0 Å². The van der Waals surface area contributed by atoms with Gasteiger partial charge < -0.3 is 19.7 Å². The van der Waals surface area contributed by atoms with Gasteiger partial charge >= 0.3 is 12.5 Å². The summed E-state index contributed by atoms with van der Waals surface area (Å²) in [6, 6.07) is 5.83. The van der Waals surface area contributed by atoms with Gasteiger partial charge in [0.2, 0.25) is 0 Å². The highest BCUT2D eigenvalue weighted by molar-refractivity contribution is 5.68. The van der Waals surface area contributed by atoms with Crippen molar-refractivity contribution < 1.29 is 27.4 Å². The monoisotopic (exact) mass is 360 g/mol. The molecule has 8 heteroatoms. The number of piperidine rings is 1. The van der Waals surface area contributed by atoms with Crippen LogP contribution in [0.15, 0.2) is 24.3 Å². The van der Waals surface area contributed by atoms with Crippen molar-refractivity contribution in [3.05, 3.63) is 24.3 Å². The van der Waals surface area contributed by atoms with Crippen molar-refractivity contribution in [1.82, 2.24) is 5.32 Å². The van der Waals surface area contributed by atoms with Crippen LogP contribution < -0.4 is 15.0 Å². The van der Waals surface area contributed by atoms with E-state index in [1.807, 2.05) is 0 Å². The molecule has 2 rings (SSSR count). The van der Waals surface area contributed by atoms with E-state index in [0.717, 1.165) is 18.5 Å². The Kier molecular flexibility index (Phi) is 5.69. The number of benzene rings is 1. The van der Waals surface area contributed by atoms with Gasteiger partial charge in [0.05, 0.1) is 0 Å². The van der Waals surface area contributed by atoms with Crippen molar-refractivity contribution in [3.8, 4) is 5.75 Å². The SMILES string of the molecule is CC(C)(C)OC(=O)NC1CCN(c2ccc(OC(F)(F)F)cc2)CC1. The fraction of sp³-hybridized carbons (Fsp3) is 0.588. The van der Waals surface area contributed by atoms with E-state index < -0.39 is 18.1 Å². The summed E-state index contributed by atoms with van der Waals surface area (Å²) < 4.78 is 45.6. The van der Waals surface area contributed by atoms with Gasteiger partial charge in [-0.3, -0.25) is 0 Å². The number of carbonyl (C=O) groups is 1. The van der Waals surface area contributed by atoms with Gasteiger partial charge in [0.15, 0.2) is 0 Å². The second-order valence-electron chi connectivity index (χ2n) is 6.95. The normalized spacial score (nSPS) is 16.5. The first-order chi connectivity index (χ1) is 11.5. The van der Waals surface area contributed by atoms with Crippen molar-refractivity contribution in [3.63, 3.8) is 0 Å². The molecule has 1 saturated heterocycles. The zero-order valence-corrected chi connectivity index (χ0v) is 14.5. The minimum absolute atomic E-state index is 0.0268. The molecule has 5 nitrogen and oxygen atoms in total. The van der Waals surface area contributed by atoms with E-state index in [1.165, 1.54) is 12.1 Å². The van der Waals surface area contributed by atoms with Crippen LogP contribution in [0.2, 0.25) is 0 Å². The van der Waals surface area contributed by atoms with Crippen molar-refractivity contribution in [2.45, 2.75) is 51.6 Å². The van der Waals surface area contributed by atoms with Gasteiger partial charge in [0.1, 0.15) is 11.4 Å². The van der Waals surface area contributed by atoms with E-state index in [0.29, 0.717) is 13.1 Å². The summed E-state index contributed by atoms with van der Waals surface area (Å²) in [5.41, 5.74) is 0.288. The summed E-state index contributed by atoms with van der Waals surface area (Å²) >= 11 is 0. The Morgan fingerprint density at radius 1 is 1.12 bits per heavy atom. The number of alkyl halides is 3. The fourth-order valence-electron chi connectivity index (χ4n) is 2.61. The molecular formula is C17H23F3N2O3. The number of nitrogens with zero attached hydrogens (tertiary/aromatic N) is 1. The summed E-state index contributed by atoms with van der Waals surface area (Å²) in [4.78, 5) is 13.8. The van der Waals surface area contributed by atoms with E-state index >= 15 is 0 Å². The number of ether oxygens (including phenoxy) is 2. The number of hydrogen-bond donors (Lipinski definition) is 1. The van der Waals surface area contributed by atoms with Gasteiger partial charge in [-0.25, -0.2) is 4.79 Å². The Hall–Kier alpha value is -2.12. The largest absolute Gasteiger partial charge is 0.573 e. The molecule has 25 heavy (non-hydrogen) atoms. The molecule has 1 amide bonds. The maximum absolute atomic E-state index is 12.2. The molecule has 0 aliphatic carbocycles. The standard InChI is InChI=1S/C17H23F3N2O3/c1-16(2,3)25-15(23)21-12-8-10-22(11-9-12)13-4-6-14(7-5-13)24-17(18,19)20/h4-7,12H,8-11H2,1-3H3,(H,21,23). The molecule has 0 saturated carbocycles. The summed E-state index contributed by atoms with van der Waals surface area (Å²) in [6.45, 7) is 6.81. The summed E-state index contributed by atoms with van der Waals surface area (Å²) in [7, 11) is 0. The van der Waals surface area contributed by atoms with Crippen molar-refractivity contribution >= 4 is 11.8 Å². The number of halogens is 3. The van der Waals surface area contributed by atoms with Crippen LogP contribution in [0, 0.1) is 0 Å². The maximum atomic E-state index is 12.2. The lowest BCUT2D eigenvalue weighted by molar-refractivity contribution is -0.274. The van der Waals surface area contributed by atoms with Gasteiger partial charge in [-0.15, -0.1) is 13.2 Å². The van der Waals surface area contributed by atoms with Gasteiger partial charge in [-0.05, 0) is 57.9 Å². The molecule has 1 fully saturated rings. The van der Waals surface area contributed by atoms with E-state index in [4.69, 9.17) is 4.74 Å². The van der Waals surface area contributed by atoms with Crippen molar-refractivity contribution in [1.29, 1.82) is 0 Å². The Morgan fingerprint density at radius 2 is 1.68 bits per heavy atom. The highest BCUT2D eigenvalue weighted by atomic mass is 19.4. The van der Waals surface area contributed by atoms with E-state index in [9.17, 15) is 18.0 Å². The molecule has 0 bridgehead atoms. The molecule has 0 radical (unpaired) electrons. The highest BCUT2D eigenvalue weighted by Crippen LogP contribution is 2.26. The van der Waals surface area contributed by atoms with E-state index in [2.05, 4.69) is 15.0 Å². The van der Waals surface area contributed by atoms with E-state index in [-0.39, 0.29) is 11.8 Å². The summed E-state index contributed by atoms with van der Waals surface area (Å²) in [5.74, 6) is -0.238. The zero-order chi connectivity index (χ0) is 18.7. The minimum atomic E-state index is -4.69. The predicted octanol–water partition coefficient (Wildman–Crippen LogP) is 4.08. The first kappa shape index (κ1) is 19.2. The first-order valence-electron chi connectivity index (χ1n) is 8.12. The summed E-state index contributed by atoms with van der Waals surface area (Å²) in [6.07, 6.45) is -3.65. The zero-order valence-electron chi connectivity index (χ0n) is 14.5. The summed E-state index contributed by atoms with van der Waals surface area (Å²) in [5, 5.41) is 2.85. The second kappa shape index (κ2) is 7.41. The molecule has 1 aliphatic heterocycles. The molecule has 0 unspecified atom stereocenters. The lowest BCUT2D eigenvalue weighted by Crippen LogP contribution is -2.46. The quantitative estimate of drug-likeness (QED) is 0.883. The van der Waals surface area contributed by atoms with Crippen LogP contribution in [0.1, 0.15) is 33.6 Å². The number of nitrogens with one attached hydrogen (secondary N) is 1. The van der Waals surface area contributed by atoms with Crippen molar-refractivity contribution in [2.75, 3.05) is 18.0 Å². The van der Waals surface area contributed by atoms with Crippen molar-refractivity contribution in [2.24, 2.45) is 0 Å². The first-order valence-corrected chi connectivity index (χ1v) is 8.12. The van der Waals surface area contributed by atoms with Crippen LogP contribution in [0.3, 0.4) is 0 Å². The molecule has 0 spiro atoms. The molecule has 0 atom stereocenters. The van der Waals surface area contributed by atoms with Gasteiger partial charge in [-0.2, -0.15) is 0 Å². The minimum Gasteiger partial charge on any atom is -0.444 e. The molecule has 1 aliphatic rings. The molecule has 0 aromatic heterocycles. The molecule has 1 aromatic rings. The number of hydrogen-bond acceptors (Lipinski definition) is 4. The topological polar surface area (TPSA) is 50.8 Å². The van der Waals surface area contributed by atoms with E-state index in [1.54, 1.807) is 32.9 Å². The van der Waals surface area contributed by atoms with Crippen LogP contribution in [0.25, 0.3) is 0 Å². The Balaban J connectivity index is 1.82. The third-order valence-corrected chi connectivity index (χ3v) is 3.65. The number of amides is 1. The average Bonchev–Trinajstić information content (AvgIpc) is 2.45.